The number of halogens is 4. The molecule has 3 aliphatic rings. The number of hydrogen-bond acceptors (Lipinski definition) is 7. The first-order chi connectivity index (χ1) is 19.0. The van der Waals surface area contributed by atoms with Gasteiger partial charge in [-0.2, -0.15) is 8.78 Å². The predicted octanol–water partition coefficient (Wildman–Crippen LogP) is 6.60. The maximum absolute atomic E-state index is 15.4. The van der Waals surface area contributed by atoms with Crippen LogP contribution in [0.1, 0.15) is 43.5 Å². The van der Waals surface area contributed by atoms with E-state index in [1.807, 2.05) is 28.6 Å². The predicted molar refractivity (Wildman–Crippen MR) is 149 cm³/mol. The summed E-state index contributed by atoms with van der Waals surface area (Å²) in [7, 11) is 0. The smallest absolute Gasteiger partial charge is 0.349 e. The van der Waals surface area contributed by atoms with Crippen LogP contribution in [0.4, 0.5) is 14.5 Å². The van der Waals surface area contributed by atoms with Gasteiger partial charge in [0.15, 0.2) is 0 Å². The molecule has 7 nitrogen and oxygen atoms in total. The van der Waals surface area contributed by atoms with E-state index < -0.39 is 17.2 Å². The number of hydrogen-bond donors (Lipinski definition) is 0. The van der Waals surface area contributed by atoms with Crippen LogP contribution in [0.5, 0.6) is 0 Å². The van der Waals surface area contributed by atoms with Crippen LogP contribution in [0.3, 0.4) is 0 Å². The number of rotatable bonds is 5. The van der Waals surface area contributed by atoms with E-state index in [-0.39, 0.29) is 44.7 Å². The van der Waals surface area contributed by atoms with Crippen molar-refractivity contribution in [3.05, 3.63) is 69.3 Å². The van der Waals surface area contributed by atoms with E-state index in [1.165, 1.54) is 12.1 Å². The van der Waals surface area contributed by atoms with Gasteiger partial charge in [0.2, 0.25) is 11.8 Å². The van der Waals surface area contributed by atoms with Crippen molar-refractivity contribution >= 4 is 56.3 Å². The third-order valence-corrected chi connectivity index (χ3v) is 10.4. The lowest BCUT2D eigenvalue weighted by Gasteiger charge is -2.50. The van der Waals surface area contributed by atoms with Crippen LogP contribution < -0.4 is 4.90 Å². The lowest BCUT2D eigenvalue weighted by atomic mass is 9.71. The molecule has 0 bridgehead atoms. The van der Waals surface area contributed by atoms with Crippen LogP contribution in [0.25, 0.3) is 10.2 Å². The highest BCUT2D eigenvalue weighted by Crippen LogP contribution is 2.56. The Morgan fingerprint density at radius 3 is 2.62 bits per heavy atom. The molecule has 4 aromatic rings. The van der Waals surface area contributed by atoms with E-state index in [1.54, 1.807) is 11.3 Å². The SMILES string of the molecule is CC1(C)C[C@@H]1C(=O)N1CC2(C1)CN(c1cccc3ncsc13)CC2c1nnc(C(F)(F)c2ccc(Cl)c(Cl)c2)o1. The Kier molecular flexibility index (Phi) is 5.77. The average Bonchev–Trinajstić information content (AvgIpc) is 3.39. The zero-order valence-electron chi connectivity index (χ0n) is 21.7. The summed E-state index contributed by atoms with van der Waals surface area (Å²) in [5, 5.41) is 8.11. The van der Waals surface area contributed by atoms with Crippen molar-refractivity contribution in [3.8, 4) is 0 Å². The van der Waals surface area contributed by atoms with E-state index in [2.05, 4.69) is 33.9 Å². The monoisotopic (exact) mass is 603 g/mol. The molecule has 1 unspecified atom stereocenters. The van der Waals surface area contributed by atoms with Gasteiger partial charge in [0.05, 0.1) is 37.4 Å². The Hall–Kier alpha value is -2.82. The summed E-state index contributed by atoms with van der Waals surface area (Å²) in [4.78, 5) is 21.7. The number of benzene rings is 2. The molecule has 1 aliphatic carbocycles. The van der Waals surface area contributed by atoms with Crippen molar-refractivity contribution in [2.24, 2.45) is 16.7 Å². The summed E-state index contributed by atoms with van der Waals surface area (Å²) in [6.07, 6.45) is 0.884. The molecule has 7 rings (SSSR count). The Bertz CT molecular complexity index is 1650. The molecule has 2 aromatic heterocycles. The van der Waals surface area contributed by atoms with E-state index in [4.69, 9.17) is 27.6 Å². The molecule has 208 valence electrons. The minimum absolute atomic E-state index is 0.0132. The van der Waals surface area contributed by atoms with Crippen LogP contribution in [-0.4, -0.2) is 52.2 Å². The second-order valence-corrected chi connectivity index (χ2v) is 13.5. The maximum Gasteiger partial charge on any atom is 0.349 e. The van der Waals surface area contributed by atoms with E-state index >= 15 is 8.78 Å². The molecule has 1 spiro atoms. The van der Waals surface area contributed by atoms with Gasteiger partial charge >= 0.3 is 5.92 Å². The molecule has 0 radical (unpaired) electrons. The van der Waals surface area contributed by atoms with Crippen LogP contribution in [0, 0.1) is 16.7 Å². The Morgan fingerprint density at radius 2 is 1.90 bits per heavy atom. The number of nitrogens with zero attached hydrogens (tertiary/aromatic N) is 5. The number of carbonyl (C=O) groups is 1. The Morgan fingerprint density at radius 1 is 1.12 bits per heavy atom. The number of aromatic nitrogens is 3. The lowest BCUT2D eigenvalue weighted by molar-refractivity contribution is -0.145. The quantitative estimate of drug-likeness (QED) is 0.256. The normalized spacial score (nSPS) is 23.1. The van der Waals surface area contributed by atoms with Gasteiger partial charge in [0.25, 0.3) is 5.89 Å². The summed E-state index contributed by atoms with van der Waals surface area (Å²) in [5.74, 6) is -4.35. The number of thiazole rings is 1. The minimum atomic E-state index is -3.56. The van der Waals surface area contributed by atoms with Crippen LogP contribution >= 0.6 is 34.5 Å². The molecule has 1 amide bonds. The van der Waals surface area contributed by atoms with Crippen molar-refractivity contribution < 1.29 is 18.0 Å². The molecule has 0 N–H and O–H groups in total. The van der Waals surface area contributed by atoms with Crippen molar-refractivity contribution in [2.45, 2.75) is 32.1 Å². The standard InChI is InChI=1S/C28H25Cl2F2N5O2S/c1-26(2)9-16(26)24(38)37-12-27(13-37)11-36(21-5-3-4-20-22(21)40-14-33-20)10-17(27)23-34-35-25(39-23)28(31,32)15-6-7-18(29)19(30)8-15/h3-8,14,16-17H,9-13H2,1-2H3/t16-,17?/m1/s1. The summed E-state index contributed by atoms with van der Waals surface area (Å²) < 4.78 is 37.7. The molecule has 1 saturated carbocycles. The first kappa shape index (κ1) is 26.1. The molecule has 40 heavy (non-hydrogen) atoms. The van der Waals surface area contributed by atoms with Crippen molar-refractivity contribution in [1.82, 2.24) is 20.1 Å². The van der Waals surface area contributed by atoms with E-state index in [0.717, 1.165) is 28.4 Å². The Labute approximate surface area is 243 Å². The van der Waals surface area contributed by atoms with Crippen LogP contribution in [0.15, 0.2) is 46.3 Å². The second-order valence-electron chi connectivity index (χ2n) is 11.9. The highest BCUT2D eigenvalue weighted by atomic mass is 35.5. The number of carbonyl (C=O) groups excluding carboxylic acids is 1. The molecule has 2 aromatic carbocycles. The summed E-state index contributed by atoms with van der Waals surface area (Å²) in [5.41, 5.74) is 2.99. The van der Waals surface area contributed by atoms with E-state index in [9.17, 15) is 4.79 Å². The number of amides is 1. The van der Waals surface area contributed by atoms with Gasteiger partial charge in [-0.15, -0.1) is 21.5 Å². The van der Waals surface area contributed by atoms with Gasteiger partial charge in [-0.1, -0.05) is 49.2 Å². The molecular formula is C28H25Cl2F2N5O2S. The largest absolute Gasteiger partial charge is 0.419 e. The molecule has 12 heteroatoms. The molecule has 2 atom stereocenters. The van der Waals surface area contributed by atoms with Crippen molar-refractivity contribution in [3.63, 3.8) is 0 Å². The number of alkyl halides is 2. The number of fused-ring (bicyclic) bond motifs is 1. The summed E-state index contributed by atoms with van der Waals surface area (Å²) in [6, 6.07) is 9.59. The van der Waals surface area contributed by atoms with E-state index in [0.29, 0.717) is 26.2 Å². The number of likely N-dealkylation sites (tertiary alicyclic amines) is 1. The van der Waals surface area contributed by atoms with Gasteiger partial charge < -0.3 is 14.2 Å². The second kappa shape index (κ2) is 8.84. The molecular weight excluding hydrogens is 579 g/mol. The lowest BCUT2D eigenvalue weighted by Crippen LogP contribution is -2.62. The highest BCUT2D eigenvalue weighted by molar-refractivity contribution is 7.17. The maximum atomic E-state index is 15.4. The van der Waals surface area contributed by atoms with Crippen molar-refractivity contribution in [2.75, 3.05) is 31.1 Å². The summed E-state index contributed by atoms with van der Waals surface area (Å²) >= 11 is 13.5. The third kappa shape index (κ3) is 4.01. The third-order valence-electron chi connectivity index (χ3n) is 8.75. The van der Waals surface area contributed by atoms with Gasteiger partial charge in [-0.25, -0.2) is 4.98 Å². The topological polar surface area (TPSA) is 75.4 Å². The zero-order valence-corrected chi connectivity index (χ0v) is 24.0. The minimum Gasteiger partial charge on any atom is -0.419 e. The van der Waals surface area contributed by atoms with Gasteiger partial charge in [-0.3, -0.25) is 4.79 Å². The molecule has 2 saturated heterocycles. The Balaban J connectivity index is 1.21. The first-order valence-electron chi connectivity index (χ1n) is 13.0. The van der Waals surface area contributed by atoms with Gasteiger partial charge in [0, 0.05) is 43.1 Å². The van der Waals surface area contributed by atoms with Crippen LogP contribution in [0.2, 0.25) is 10.0 Å². The first-order valence-corrected chi connectivity index (χ1v) is 14.7. The average molecular weight is 605 g/mol. The van der Waals surface area contributed by atoms with Gasteiger partial charge in [0.1, 0.15) is 0 Å². The van der Waals surface area contributed by atoms with Crippen LogP contribution in [-0.2, 0) is 10.7 Å². The zero-order chi connectivity index (χ0) is 28.0. The highest BCUT2D eigenvalue weighted by Gasteiger charge is 2.61. The summed E-state index contributed by atoms with van der Waals surface area (Å²) in [6.45, 7) is 6.36. The molecule has 2 aliphatic heterocycles. The van der Waals surface area contributed by atoms with Gasteiger partial charge in [-0.05, 0) is 36.1 Å². The molecule has 4 heterocycles. The fourth-order valence-corrected chi connectivity index (χ4v) is 7.36. The molecule has 3 fully saturated rings. The van der Waals surface area contributed by atoms with Crippen molar-refractivity contribution in [1.29, 1.82) is 0 Å². The fourth-order valence-electron chi connectivity index (χ4n) is 6.23. The number of anilines is 1. The fraction of sp³-hybridized carbons (Fsp3) is 0.429.